The SMILES string of the molecule is COc1ccc(F)cc1C[NH+]1CC[NH+]([C@H](C)C(=O)N2C[C@H](C)C[C@@H](C)C2)CC1. The van der Waals surface area contributed by atoms with Gasteiger partial charge in [0.1, 0.15) is 44.3 Å². The van der Waals surface area contributed by atoms with E-state index >= 15 is 0 Å². The van der Waals surface area contributed by atoms with E-state index in [0.717, 1.165) is 57.1 Å². The predicted molar refractivity (Wildman–Crippen MR) is 107 cm³/mol. The van der Waals surface area contributed by atoms with E-state index in [-0.39, 0.29) is 11.9 Å². The number of hydrogen-bond acceptors (Lipinski definition) is 2. The van der Waals surface area contributed by atoms with E-state index in [4.69, 9.17) is 4.74 Å². The number of ether oxygens (including phenoxy) is 1. The number of methoxy groups -OCH3 is 1. The molecule has 6 heteroatoms. The Morgan fingerprint density at radius 1 is 1.21 bits per heavy atom. The molecule has 2 N–H and O–H groups in total. The minimum Gasteiger partial charge on any atom is -0.496 e. The number of rotatable bonds is 5. The fraction of sp³-hybridized carbons (Fsp3) is 0.682. The summed E-state index contributed by atoms with van der Waals surface area (Å²) in [5, 5.41) is 0. The van der Waals surface area contributed by atoms with Crippen molar-refractivity contribution in [3.05, 3.63) is 29.6 Å². The van der Waals surface area contributed by atoms with Gasteiger partial charge in [0, 0.05) is 13.1 Å². The van der Waals surface area contributed by atoms with Crippen LogP contribution in [0.5, 0.6) is 5.75 Å². The fourth-order valence-electron chi connectivity index (χ4n) is 4.98. The van der Waals surface area contributed by atoms with E-state index in [1.54, 1.807) is 19.2 Å². The number of carbonyl (C=O) groups excluding carboxylic acids is 1. The van der Waals surface area contributed by atoms with Crippen LogP contribution in [0.1, 0.15) is 32.8 Å². The molecule has 1 aromatic rings. The van der Waals surface area contributed by atoms with Crippen LogP contribution in [0.25, 0.3) is 0 Å². The number of amides is 1. The first-order valence-electron chi connectivity index (χ1n) is 10.7. The number of nitrogens with zero attached hydrogens (tertiary/aromatic N) is 1. The van der Waals surface area contributed by atoms with E-state index in [9.17, 15) is 9.18 Å². The van der Waals surface area contributed by atoms with Crippen LogP contribution in [0.4, 0.5) is 4.39 Å². The third-order valence-corrected chi connectivity index (χ3v) is 6.45. The van der Waals surface area contributed by atoms with Gasteiger partial charge < -0.3 is 19.4 Å². The van der Waals surface area contributed by atoms with Gasteiger partial charge in [-0.25, -0.2) is 4.39 Å². The molecule has 0 spiro atoms. The summed E-state index contributed by atoms with van der Waals surface area (Å²) in [5.74, 6) is 2.03. The van der Waals surface area contributed by atoms with Gasteiger partial charge in [0.15, 0.2) is 6.04 Å². The van der Waals surface area contributed by atoms with Gasteiger partial charge in [-0.15, -0.1) is 0 Å². The zero-order valence-corrected chi connectivity index (χ0v) is 17.8. The second-order valence-electron chi connectivity index (χ2n) is 8.95. The molecule has 0 saturated carbocycles. The molecule has 0 unspecified atom stereocenters. The van der Waals surface area contributed by atoms with Crippen LogP contribution in [0, 0.1) is 17.7 Å². The fourth-order valence-corrected chi connectivity index (χ4v) is 4.98. The first-order valence-corrected chi connectivity index (χ1v) is 10.7. The molecule has 2 fully saturated rings. The third-order valence-electron chi connectivity index (χ3n) is 6.45. The normalized spacial score (nSPS) is 29.4. The Hall–Kier alpha value is -1.66. The van der Waals surface area contributed by atoms with Crippen LogP contribution in [-0.2, 0) is 11.3 Å². The van der Waals surface area contributed by atoms with Crippen LogP contribution in [0.2, 0.25) is 0 Å². The van der Waals surface area contributed by atoms with Gasteiger partial charge in [0.05, 0.1) is 12.7 Å². The summed E-state index contributed by atoms with van der Waals surface area (Å²) in [5.41, 5.74) is 0.918. The number of likely N-dealkylation sites (tertiary alicyclic amines) is 1. The van der Waals surface area contributed by atoms with Crippen molar-refractivity contribution in [2.24, 2.45) is 11.8 Å². The van der Waals surface area contributed by atoms with Crippen molar-refractivity contribution in [1.82, 2.24) is 4.90 Å². The number of piperazine rings is 1. The molecule has 0 radical (unpaired) electrons. The highest BCUT2D eigenvalue weighted by Gasteiger charge is 2.36. The Balaban J connectivity index is 1.53. The third kappa shape index (κ3) is 5.03. The minimum atomic E-state index is -0.219. The van der Waals surface area contributed by atoms with Gasteiger partial charge in [-0.2, -0.15) is 0 Å². The van der Waals surface area contributed by atoms with Crippen LogP contribution in [-0.4, -0.2) is 63.2 Å². The average Bonchev–Trinajstić information content (AvgIpc) is 2.67. The van der Waals surface area contributed by atoms with Crippen LogP contribution >= 0.6 is 0 Å². The van der Waals surface area contributed by atoms with Gasteiger partial charge in [0.25, 0.3) is 5.91 Å². The van der Waals surface area contributed by atoms with E-state index in [1.807, 2.05) is 0 Å². The Labute approximate surface area is 168 Å². The maximum Gasteiger partial charge on any atom is 0.280 e. The summed E-state index contributed by atoms with van der Waals surface area (Å²) < 4.78 is 19.0. The molecule has 28 heavy (non-hydrogen) atoms. The van der Waals surface area contributed by atoms with Crippen LogP contribution < -0.4 is 14.5 Å². The lowest BCUT2D eigenvalue weighted by Crippen LogP contribution is -3.29. The standard InChI is InChI=1S/C22H34FN3O2/c1-16-11-17(2)14-26(13-16)22(27)18(3)25-9-7-24(8-10-25)15-19-12-20(23)5-6-21(19)28-4/h5-6,12,16-18H,7-11,13-15H2,1-4H3/p+2/t16-,17-,18-/m1/s1. The second-order valence-corrected chi connectivity index (χ2v) is 8.95. The number of hydrogen-bond donors (Lipinski definition) is 2. The van der Waals surface area contributed by atoms with Crippen molar-refractivity contribution in [2.45, 2.75) is 39.8 Å². The Bertz CT molecular complexity index is 666. The monoisotopic (exact) mass is 393 g/mol. The molecule has 5 nitrogen and oxygen atoms in total. The second kappa shape index (κ2) is 9.23. The summed E-state index contributed by atoms with van der Waals surface area (Å²) in [7, 11) is 1.63. The number of halogens is 1. The largest absolute Gasteiger partial charge is 0.496 e. The molecule has 3 atom stereocenters. The topological polar surface area (TPSA) is 38.4 Å². The highest BCUT2D eigenvalue weighted by molar-refractivity contribution is 5.80. The number of benzene rings is 1. The molecule has 0 aliphatic carbocycles. The molecule has 2 saturated heterocycles. The van der Waals surface area contributed by atoms with Crippen molar-refractivity contribution in [3.63, 3.8) is 0 Å². The minimum absolute atomic E-state index is 0.0164. The van der Waals surface area contributed by atoms with Gasteiger partial charge in [-0.1, -0.05) is 13.8 Å². The molecule has 1 aromatic carbocycles. The highest BCUT2D eigenvalue weighted by Crippen LogP contribution is 2.21. The van der Waals surface area contributed by atoms with Crippen molar-refractivity contribution < 1.29 is 23.7 Å². The predicted octanol–water partition coefficient (Wildman–Crippen LogP) is 0.0107. The molecule has 0 bridgehead atoms. The van der Waals surface area contributed by atoms with Gasteiger partial charge in [-0.05, 0) is 43.4 Å². The van der Waals surface area contributed by atoms with Gasteiger partial charge in [0.2, 0.25) is 0 Å². The van der Waals surface area contributed by atoms with E-state index in [0.29, 0.717) is 17.7 Å². The van der Waals surface area contributed by atoms with Crippen molar-refractivity contribution >= 4 is 5.91 Å². The maximum atomic E-state index is 13.6. The molecule has 2 aliphatic heterocycles. The summed E-state index contributed by atoms with van der Waals surface area (Å²) in [6, 6.07) is 4.74. The smallest absolute Gasteiger partial charge is 0.280 e. The van der Waals surface area contributed by atoms with Crippen molar-refractivity contribution in [2.75, 3.05) is 46.4 Å². The Morgan fingerprint density at radius 3 is 2.46 bits per heavy atom. The quantitative estimate of drug-likeness (QED) is 0.740. The lowest BCUT2D eigenvalue weighted by molar-refractivity contribution is -1.02. The molecule has 3 rings (SSSR count). The summed E-state index contributed by atoms with van der Waals surface area (Å²) in [6.07, 6.45) is 1.22. The van der Waals surface area contributed by atoms with Gasteiger partial charge >= 0.3 is 0 Å². The molecule has 2 heterocycles. The number of quaternary nitrogens is 2. The zero-order chi connectivity index (χ0) is 20.3. The lowest BCUT2D eigenvalue weighted by Gasteiger charge is -2.38. The van der Waals surface area contributed by atoms with Crippen molar-refractivity contribution in [3.8, 4) is 5.75 Å². The van der Waals surface area contributed by atoms with E-state index in [2.05, 4.69) is 25.7 Å². The summed E-state index contributed by atoms with van der Waals surface area (Å²) in [6.45, 7) is 13.1. The summed E-state index contributed by atoms with van der Waals surface area (Å²) in [4.78, 5) is 17.9. The zero-order valence-electron chi connectivity index (χ0n) is 17.8. The molecule has 1 amide bonds. The summed E-state index contributed by atoms with van der Waals surface area (Å²) >= 11 is 0. The number of carbonyl (C=O) groups is 1. The maximum absolute atomic E-state index is 13.6. The Morgan fingerprint density at radius 2 is 1.86 bits per heavy atom. The highest BCUT2D eigenvalue weighted by atomic mass is 19.1. The first kappa shape index (κ1) is 21.1. The van der Waals surface area contributed by atoms with Gasteiger partial charge in [-0.3, -0.25) is 4.79 Å². The van der Waals surface area contributed by atoms with E-state index < -0.39 is 0 Å². The van der Waals surface area contributed by atoms with Crippen molar-refractivity contribution in [1.29, 1.82) is 0 Å². The molecular weight excluding hydrogens is 357 g/mol. The average molecular weight is 394 g/mol. The first-order chi connectivity index (χ1) is 13.4. The molecule has 2 aliphatic rings. The molecular formula is C22H36FN3O2+2. The number of nitrogens with one attached hydrogen (secondary N) is 2. The van der Waals surface area contributed by atoms with E-state index in [1.165, 1.54) is 22.3 Å². The molecule has 0 aromatic heterocycles. The Kier molecular flexibility index (Phi) is 6.94. The molecule has 156 valence electrons. The van der Waals surface area contributed by atoms with Crippen LogP contribution in [0.15, 0.2) is 18.2 Å². The van der Waals surface area contributed by atoms with Crippen LogP contribution in [0.3, 0.4) is 0 Å². The lowest BCUT2D eigenvalue weighted by atomic mass is 9.91. The number of piperidine rings is 1.